The van der Waals surface area contributed by atoms with Crippen LogP contribution >= 0.6 is 0 Å². The number of carbonyl (C=O) groups is 2. The van der Waals surface area contributed by atoms with Crippen molar-refractivity contribution in [1.29, 1.82) is 0 Å². The van der Waals surface area contributed by atoms with Crippen LogP contribution in [0.4, 0.5) is 0 Å². The molecule has 0 radical (unpaired) electrons. The molecule has 0 aromatic heterocycles. The summed E-state index contributed by atoms with van der Waals surface area (Å²) in [5.41, 5.74) is 0. The molecule has 3 N–H and O–H groups in total. The third kappa shape index (κ3) is 1.08. The molecule has 5 heteroatoms. The Morgan fingerprint density at radius 3 is 2.50 bits per heavy atom. The molecule has 1 aliphatic rings. The summed E-state index contributed by atoms with van der Waals surface area (Å²) in [6.45, 7) is 0. The van der Waals surface area contributed by atoms with Crippen molar-refractivity contribution in [3.63, 3.8) is 0 Å². The van der Waals surface area contributed by atoms with E-state index in [0.717, 1.165) is 0 Å². The van der Waals surface area contributed by atoms with Gasteiger partial charge in [-0.15, -0.1) is 0 Å². The molecule has 1 heterocycles. The van der Waals surface area contributed by atoms with Crippen molar-refractivity contribution >= 4 is 11.9 Å². The molecule has 56 valence electrons. The molecule has 0 aromatic carbocycles. The first kappa shape index (κ1) is 7.01. The molecule has 0 bridgehead atoms. The predicted molar refractivity (Wildman–Crippen MR) is 30.2 cm³/mol. The standard InChI is InChI=1S/C5H7NO4/c7-2-1-3(8)6-4(2)5(9)10/h2,4,7H,1H2,(H,6,8)(H,9,10)/t2-,4+/m0/s1. The number of hydrogen-bond acceptors (Lipinski definition) is 3. The maximum Gasteiger partial charge on any atom is 0.328 e. The van der Waals surface area contributed by atoms with Gasteiger partial charge in [-0.1, -0.05) is 0 Å². The Bertz CT molecular complexity index is 178. The topological polar surface area (TPSA) is 86.6 Å². The lowest BCUT2D eigenvalue weighted by molar-refractivity contribution is -0.141. The first-order chi connectivity index (χ1) is 4.61. The minimum Gasteiger partial charge on any atom is -0.480 e. The summed E-state index contributed by atoms with van der Waals surface area (Å²) < 4.78 is 0. The second kappa shape index (κ2) is 2.26. The van der Waals surface area contributed by atoms with Crippen molar-refractivity contribution in [3.8, 4) is 0 Å². The van der Waals surface area contributed by atoms with E-state index in [4.69, 9.17) is 10.2 Å². The number of hydrogen-bond donors (Lipinski definition) is 3. The van der Waals surface area contributed by atoms with E-state index in [0.29, 0.717) is 0 Å². The lowest BCUT2D eigenvalue weighted by atomic mass is 10.2. The first-order valence-electron chi connectivity index (χ1n) is 2.81. The lowest BCUT2D eigenvalue weighted by Gasteiger charge is -2.06. The Morgan fingerprint density at radius 2 is 2.30 bits per heavy atom. The summed E-state index contributed by atoms with van der Waals surface area (Å²) in [5, 5.41) is 19.3. The average Bonchev–Trinajstić information content (AvgIpc) is 2.10. The molecule has 1 rings (SSSR count). The van der Waals surface area contributed by atoms with Crippen LogP contribution in [0.2, 0.25) is 0 Å². The van der Waals surface area contributed by atoms with Crippen LogP contribution in [0, 0.1) is 0 Å². The van der Waals surface area contributed by atoms with Gasteiger partial charge in [-0.3, -0.25) is 4.79 Å². The number of carbonyl (C=O) groups excluding carboxylic acids is 1. The van der Waals surface area contributed by atoms with Gasteiger partial charge in [0.1, 0.15) is 0 Å². The van der Waals surface area contributed by atoms with Crippen LogP contribution in [0.1, 0.15) is 6.42 Å². The van der Waals surface area contributed by atoms with Crippen LogP contribution in [0.25, 0.3) is 0 Å². The molecule has 1 saturated heterocycles. The van der Waals surface area contributed by atoms with Gasteiger partial charge in [0, 0.05) is 0 Å². The Morgan fingerprint density at radius 1 is 1.70 bits per heavy atom. The van der Waals surface area contributed by atoms with Crippen molar-refractivity contribution in [2.24, 2.45) is 0 Å². The van der Waals surface area contributed by atoms with Gasteiger partial charge >= 0.3 is 5.97 Å². The third-order valence-corrected chi connectivity index (χ3v) is 1.36. The highest BCUT2D eigenvalue weighted by molar-refractivity contribution is 5.88. The summed E-state index contributed by atoms with van der Waals surface area (Å²) in [7, 11) is 0. The number of amides is 1. The predicted octanol–water partition coefficient (Wildman–Crippen LogP) is -1.68. The fourth-order valence-corrected chi connectivity index (χ4v) is 0.863. The molecule has 1 aliphatic heterocycles. The van der Waals surface area contributed by atoms with Gasteiger partial charge in [0.2, 0.25) is 5.91 Å². The number of aliphatic hydroxyl groups is 1. The second-order valence-corrected chi connectivity index (χ2v) is 2.15. The minimum atomic E-state index is -1.20. The number of carboxylic acids is 1. The smallest absolute Gasteiger partial charge is 0.328 e. The van der Waals surface area contributed by atoms with E-state index >= 15 is 0 Å². The molecule has 0 aromatic rings. The maximum absolute atomic E-state index is 10.4. The van der Waals surface area contributed by atoms with E-state index in [1.54, 1.807) is 0 Å². The van der Waals surface area contributed by atoms with Crippen LogP contribution < -0.4 is 5.32 Å². The van der Waals surface area contributed by atoms with Gasteiger partial charge in [0.05, 0.1) is 12.5 Å². The fraction of sp³-hybridized carbons (Fsp3) is 0.600. The molecular formula is C5H7NO4. The molecule has 1 amide bonds. The van der Waals surface area contributed by atoms with Gasteiger partial charge in [-0.05, 0) is 0 Å². The van der Waals surface area contributed by atoms with Crippen molar-refractivity contribution < 1.29 is 19.8 Å². The van der Waals surface area contributed by atoms with Gasteiger partial charge in [-0.25, -0.2) is 4.79 Å². The second-order valence-electron chi connectivity index (χ2n) is 2.15. The minimum absolute atomic E-state index is 0.114. The molecule has 5 nitrogen and oxygen atoms in total. The summed E-state index contributed by atoms with van der Waals surface area (Å²) in [6.07, 6.45) is -1.19. The molecule has 2 atom stereocenters. The zero-order chi connectivity index (χ0) is 7.72. The van der Waals surface area contributed by atoms with E-state index in [1.165, 1.54) is 0 Å². The molecule has 0 spiro atoms. The number of nitrogens with one attached hydrogen (secondary N) is 1. The Hall–Kier alpha value is -1.10. The summed E-state index contributed by atoms with van der Waals surface area (Å²) >= 11 is 0. The molecule has 0 saturated carbocycles. The summed E-state index contributed by atoms with van der Waals surface area (Å²) in [6, 6.07) is -1.12. The van der Waals surface area contributed by atoms with Gasteiger partial charge in [-0.2, -0.15) is 0 Å². The number of aliphatic hydroxyl groups excluding tert-OH is 1. The molecule has 0 aliphatic carbocycles. The van der Waals surface area contributed by atoms with E-state index in [-0.39, 0.29) is 6.42 Å². The maximum atomic E-state index is 10.4. The van der Waals surface area contributed by atoms with Crippen LogP contribution in [-0.2, 0) is 9.59 Å². The molecule has 1 fully saturated rings. The summed E-state index contributed by atoms with van der Waals surface area (Å²) in [4.78, 5) is 20.6. The lowest BCUT2D eigenvalue weighted by Crippen LogP contribution is -2.39. The third-order valence-electron chi connectivity index (χ3n) is 1.36. The normalized spacial score (nSPS) is 31.9. The van der Waals surface area contributed by atoms with Gasteiger partial charge in [0.25, 0.3) is 0 Å². The number of aliphatic carboxylic acids is 1. The molecule has 10 heavy (non-hydrogen) atoms. The monoisotopic (exact) mass is 145 g/mol. The van der Waals surface area contributed by atoms with Crippen molar-refractivity contribution in [2.75, 3.05) is 0 Å². The largest absolute Gasteiger partial charge is 0.480 e. The highest BCUT2D eigenvalue weighted by Crippen LogP contribution is 2.07. The van der Waals surface area contributed by atoms with E-state index in [9.17, 15) is 9.59 Å². The van der Waals surface area contributed by atoms with E-state index in [2.05, 4.69) is 5.32 Å². The first-order valence-corrected chi connectivity index (χ1v) is 2.81. The van der Waals surface area contributed by atoms with Gasteiger partial charge < -0.3 is 15.5 Å². The Labute approximate surface area is 56.7 Å². The Balaban J connectivity index is 2.63. The fourth-order valence-electron chi connectivity index (χ4n) is 0.863. The summed E-state index contributed by atoms with van der Waals surface area (Å²) in [5.74, 6) is -1.61. The zero-order valence-electron chi connectivity index (χ0n) is 5.07. The SMILES string of the molecule is O=C1C[C@H](O)[C@H](C(=O)O)N1. The van der Waals surface area contributed by atoms with Crippen LogP contribution in [0.5, 0.6) is 0 Å². The Kier molecular flexibility index (Phi) is 1.58. The number of rotatable bonds is 1. The van der Waals surface area contributed by atoms with E-state index in [1.807, 2.05) is 0 Å². The van der Waals surface area contributed by atoms with Crippen LogP contribution in [0.3, 0.4) is 0 Å². The van der Waals surface area contributed by atoms with Crippen LogP contribution in [0.15, 0.2) is 0 Å². The van der Waals surface area contributed by atoms with Crippen LogP contribution in [-0.4, -0.2) is 34.2 Å². The highest BCUT2D eigenvalue weighted by Gasteiger charge is 2.35. The van der Waals surface area contributed by atoms with E-state index < -0.39 is 24.0 Å². The molecular weight excluding hydrogens is 138 g/mol. The number of carboxylic acid groups (broad SMARTS) is 1. The van der Waals surface area contributed by atoms with Crippen molar-refractivity contribution in [3.05, 3.63) is 0 Å². The van der Waals surface area contributed by atoms with Crippen molar-refractivity contribution in [1.82, 2.24) is 5.32 Å². The van der Waals surface area contributed by atoms with Gasteiger partial charge in [0.15, 0.2) is 6.04 Å². The zero-order valence-corrected chi connectivity index (χ0v) is 5.07. The van der Waals surface area contributed by atoms with Crippen molar-refractivity contribution in [2.45, 2.75) is 18.6 Å². The average molecular weight is 145 g/mol. The highest BCUT2D eigenvalue weighted by atomic mass is 16.4. The quantitative estimate of drug-likeness (QED) is 0.411. The molecule has 0 unspecified atom stereocenters.